The Morgan fingerprint density at radius 3 is 2.52 bits per heavy atom. The Kier molecular flexibility index (Phi) is 6.63. The lowest BCUT2D eigenvalue weighted by molar-refractivity contribution is 0.0791. The Labute approximate surface area is 170 Å². The molecule has 0 bridgehead atoms. The minimum atomic E-state index is -0.118. The third-order valence-corrected chi connectivity index (χ3v) is 4.50. The van der Waals surface area contributed by atoms with Crippen molar-refractivity contribution >= 4 is 17.3 Å². The van der Waals surface area contributed by atoms with E-state index < -0.39 is 0 Å². The summed E-state index contributed by atoms with van der Waals surface area (Å²) < 4.78 is 10.6. The zero-order valence-electron chi connectivity index (χ0n) is 16.8. The van der Waals surface area contributed by atoms with E-state index in [0.717, 1.165) is 23.4 Å². The predicted octanol–water partition coefficient (Wildman–Crippen LogP) is 3.55. The van der Waals surface area contributed by atoms with Gasteiger partial charge in [0.15, 0.2) is 0 Å². The summed E-state index contributed by atoms with van der Waals surface area (Å²) in [7, 11) is 4.98. The van der Waals surface area contributed by atoms with E-state index in [9.17, 15) is 4.79 Å². The van der Waals surface area contributed by atoms with Crippen molar-refractivity contribution in [2.45, 2.75) is 6.42 Å². The van der Waals surface area contributed by atoms with Crippen LogP contribution in [0.25, 0.3) is 0 Å². The Morgan fingerprint density at radius 1 is 1.07 bits per heavy atom. The maximum atomic E-state index is 12.6. The molecule has 0 aliphatic rings. The van der Waals surface area contributed by atoms with Crippen LogP contribution >= 0.6 is 0 Å². The highest BCUT2D eigenvalue weighted by molar-refractivity contribution is 5.92. The summed E-state index contributed by atoms with van der Waals surface area (Å²) in [5.41, 5.74) is 3.07. The maximum absolute atomic E-state index is 12.6. The summed E-state index contributed by atoms with van der Waals surface area (Å²) in [6, 6.07) is 12.9. The molecule has 7 heteroatoms. The van der Waals surface area contributed by atoms with E-state index in [1.165, 1.54) is 0 Å². The van der Waals surface area contributed by atoms with Crippen molar-refractivity contribution in [3.8, 4) is 11.5 Å². The van der Waals surface area contributed by atoms with Gasteiger partial charge in [0.2, 0.25) is 0 Å². The molecule has 0 spiro atoms. The highest BCUT2D eigenvalue weighted by Gasteiger charge is 2.13. The molecule has 1 amide bonds. The van der Waals surface area contributed by atoms with Crippen LogP contribution in [-0.4, -0.2) is 48.6 Å². The molecule has 0 aliphatic carbocycles. The zero-order chi connectivity index (χ0) is 20.6. The summed E-state index contributed by atoms with van der Waals surface area (Å²) >= 11 is 0. The topological polar surface area (TPSA) is 76.6 Å². The first kappa shape index (κ1) is 20.1. The Balaban J connectivity index is 1.63. The number of rotatable bonds is 8. The highest BCUT2D eigenvalue weighted by atomic mass is 16.5. The zero-order valence-corrected chi connectivity index (χ0v) is 16.8. The van der Waals surface area contributed by atoms with Gasteiger partial charge in [-0.05, 0) is 48.4 Å². The summed E-state index contributed by atoms with van der Waals surface area (Å²) in [5, 5.41) is 3.24. The molecular formula is C22H24N4O3. The number of nitrogens with one attached hydrogen (secondary N) is 1. The van der Waals surface area contributed by atoms with Crippen molar-refractivity contribution in [1.82, 2.24) is 14.9 Å². The van der Waals surface area contributed by atoms with Gasteiger partial charge in [0.25, 0.3) is 5.91 Å². The fourth-order valence-corrected chi connectivity index (χ4v) is 2.79. The summed E-state index contributed by atoms with van der Waals surface area (Å²) in [6.45, 7) is 0.605. The van der Waals surface area contributed by atoms with E-state index in [1.54, 1.807) is 56.9 Å². The number of carbonyl (C=O) groups is 1. The van der Waals surface area contributed by atoms with Crippen molar-refractivity contribution in [1.29, 1.82) is 0 Å². The number of aromatic nitrogens is 2. The number of pyridine rings is 2. The number of hydrogen-bond donors (Lipinski definition) is 1. The molecule has 1 N–H and O–H groups in total. The van der Waals surface area contributed by atoms with E-state index in [2.05, 4.69) is 15.3 Å². The first-order valence-electron chi connectivity index (χ1n) is 9.20. The highest BCUT2D eigenvalue weighted by Crippen LogP contribution is 2.31. The lowest BCUT2D eigenvalue weighted by Gasteiger charge is -2.17. The molecule has 150 valence electrons. The minimum Gasteiger partial charge on any atom is -0.497 e. The van der Waals surface area contributed by atoms with Crippen molar-refractivity contribution < 1.29 is 14.3 Å². The maximum Gasteiger partial charge on any atom is 0.272 e. The third kappa shape index (κ3) is 5.22. The molecule has 7 nitrogen and oxygen atoms in total. The lowest BCUT2D eigenvalue weighted by atomic mass is 10.2. The summed E-state index contributed by atoms with van der Waals surface area (Å²) in [4.78, 5) is 22.6. The molecule has 0 fully saturated rings. The molecule has 2 aromatic heterocycles. The number of benzene rings is 1. The largest absolute Gasteiger partial charge is 0.497 e. The fraction of sp³-hybridized carbons (Fsp3) is 0.227. The van der Waals surface area contributed by atoms with Crippen molar-refractivity contribution in [3.63, 3.8) is 0 Å². The van der Waals surface area contributed by atoms with Gasteiger partial charge in [-0.2, -0.15) is 0 Å². The van der Waals surface area contributed by atoms with E-state index in [0.29, 0.717) is 23.7 Å². The molecule has 0 aliphatic heterocycles. The number of carbonyl (C=O) groups excluding carboxylic acids is 1. The van der Waals surface area contributed by atoms with E-state index >= 15 is 0 Å². The van der Waals surface area contributed by atoms with Gasteiger partial charge in [-0.3, -0.25) is 9.78 Å². The van der Waals surface area contributed by atoms with Gasteiger partial charge >= 0.3 is 0 Å². The average molecular weight is 392 g/mol. The van der Waals surface area contributed by atoms with Gasteiger partial charge in [-0.1, -0.05) is 0 Å². The monoisotopic (exact) mass is 392 g/mol. The number of hydrogen-bond acceptors (Lipinski definition) is 6. The van der Waals surface area contributed by atoms with Gasteiger partial charge in [0.1, 0.15) is 17.2 Å². The van der Waals surface area contributed by atoms with Crippen molar-refractivity contribution in [2.24, 2.45) is 0 Å². The smallest absolute Gasteiger partial charge is 0.272 e. The number of likely N-dealkylation sites (N-methyl/N-ethyl adjacent to an activating group) is 1. The molecule has 3 aromatic rings. The van der Waals surface area contributed by atoms with Crippen LogP contribution in [0.2, 0.25) is 0 Å². The van der Waals surface area contributed by atoms with Crippen LogP contribution < -0.4 is 14.8 Å². The molecular weight excluding hydrogens is 368 g/mol. The minimum absolute atomic E-state index is 0.118. The molecule has 0 saturated heterocycles. The second kappa shape index (κ2) is 9.54. The van der Waals surface area contributed by atoms with Gasteiger partial charge < -0.3 is 19.7 Å². The van der Waals surface area contributed by atoms with Crippen LogP contribution in [0.1, 0.15) is 16.1 Å². The van der Waals surface area contributed by atoms with Gasteiger partial charge in [0, 0.05) is 32.1 Å². The van der Waals surface area contributed by atoms with E-state index in [-0.39, 0.29) is 5.91 Å². The van der Waals surface area contributed by atoms with Crippen LogP contribution in [0.15, 0.2) is 61.1 Å². The average Bonchev–Trinajstić information content (AvgIpc) is 2.78. The first-order chi connectivity index (χ1) is 14.1. The first-order valence-corrected chi connectivity index (χ1v) is 9.20. The van der Waals surface area contributed by atoms with Gasteiger partial charge in [-0.15, -0.1) is 0 Å². The second-order valence-corrected chi connectivity index (χ2v) is 6.46. The van der Waals surface area contributed by atoms with Gasteiger partial charge in [0.05, 0.1) is 31.8 Å². The number of anilines is 2. The van der Waals surface area contributed by atoms with Crippen LogP contribution in [0.5, 0.6) is 11.5 Å². The molecule has 0 radical (unpaired) electrons. The third-order valence-electron chi connectivity index (χ3n) is 4.50. The Morgan fingerprint density at radius 2 is 1.86 bits per heavy atom. The summed E-state index contributed by atoms with van der Waals surface area (Å²) in [6.07, 6.45) is 5.90. The van der Waals surface area contributed by atoms with Crippen LogP contribution in [0, 0.1) is 0 Å². The molecule has 2 heterocycles. The van der Waals surface area contributed by atoms with Crippen molar-refractivity contribution in [3.05, 3.63) is 72.3 Å². The second-order valence-electron chi connectivity index (χ2n) is 6.46. The van der Waals surface area contributed by atoms with Crippen molar-refractivity contribution in [2.75, 3.05) is 33.1 Å². The van der Waals surface area contributed by atoms with Crippen LogP contribution in [0.4, 0.5) is 11.4 Å². The summed E-state index contributed by atoms with van der Waals surface area (Å²) in [5.74, 6) is 1.24. The SMILES string of the molecule is COc1ccc(Nc2ccc(C(=O)N(C)CCc3ccncc3)nc2)c(OC)c1. The Bertz CT molecular complexity index is 946. The predicted molar refractivity (Wildman–Crippen MR) is 112 cm³/mol. The number of nitrogens with zero attached hydrogens (tertiary/aromatic N) is 3. The van der Waals surface area contributed by atoms with Crippen LogP contribution in [0.3, 0.4) is 0 Å². The molecule has 0 unspecified atom stereocenters. The standard InChI is InChI=1S/C22H24N4O3/c1-26(13-10-16-8-11-23-12-9-16)22(27)20-6-4-17(15-24-20)25-19-7-5-18(28-2)14-21(19)29-3/h4-9,11-12,14-15,25H,10,13H2,1-3H3. The van der Waals surface area contributed by atoms with Gasteiger partial charge in [-0.25, -0.2) is 4.98 Å². The quantitative estimate of drug-likeness (QED) is 0.632. The fourth-order valence-electron chi connectivity index (χ4n) is 2.79. The molecule has 0 atom stereocenters. The molecule has 3 rings (SSSR count). The van der Waals surface area contributed by atoms with E-state index in [1.807, 2.05) is 30.3 Å². The van der Waals surface area contributed by atoms with Crippen LogP contribution in [-0.2, 0) is 6.42 Å². The van der Waals surface area contributed by atoms with E-state index in [4.69, 9.17) is 9.47 Å². The molecule has 29 heavy (non-hydrogen) atoms. The molecule has 0 saturated carbocycles. The molecule has 1 aromatic carbocycles. The number of methoxy groups -OCH3 is 2. The Hall–Kier alpha value is -3.61. The number of amides is 1. The number of ether oxygens (including phenoxy) is 2. The lowest BCUT2D eigenvalue weighted by Crippen LogP contribution is -2.29. The normalized spacial score (nSPS) is 10.3.